The Morgan fingerprint density at radius 3 is 2.70 bits per heavy atom. The Kier molecular flexibility index (Phi) is 5.50. The standard InChI is InChI=1S/C23H24FN5O4/c1-23(5-6-23)33-22(30)29-9-14-11-31-12-15(10-29)21(14)32-20-8-19(26-13-27-20)28-18-4-3-16(25-2)7-17(18)24/h3-4,7-8,13-15,21H,5-6,9-12H2,1H3,(H,26,27,28). The number of nitrogens with zero attached hydrogens (tertiary/aromatic N) is 4. The number of hydrogen-bond donors (Lipinski definition) is 1. The van der Waals surface area contributed by atoms with Gasteiger partial charge in [0, 0.05) is 31.0 Å². The highest BCUT2D eigenvalue weighted by molar-refractivity contribution is 5.69. The maximum atomic E-state index is 14.2. The zero-order valence-corrected chi connectivity index (χ0v) is 18.2. The van der Waals surface area contributed by atoms with Crippen LogP contribution in [-0.2, 0) is 9.47 Å². The molecule has 3 heterocycles. The number of carbonyl (C=O) groups excluding carboxylic acids is 1. The van der Waals surface area contributed by atoms with E-state index in [4.69, 9.17) is 20.8 Å². The number of hydrogen-bond acceptors (Lipinski definition) is 7. The number of fused-ring (bicyclic) bond motifs is 2. The fourth-order valence-corrected chi connectivity index (χ4v) is 4.22. The average molecular weight is 453 g/mol. The van der Waals surface area contributed by atoms with Crippen molar-refractivity contribution >= 4 is 23.3 Å². The molecule has 3 fully saturated rings. The van der Waals surface area contributed by atoms with Gasteiger partial charge in [-0.1, -0.05) is 6.07 Å². The van der Waals surface area contributed by atoms with Gasteiger partial charge in [-0.25, -0.2) is 24.0 Å². The van der Waals surface area contributed by atoms with Crippen LogP contribution in [0.25, 0.3) is 4.85 Å². The normalized spacial score (nSPS) is 25.0. The van der Waals surface area contributed by atoms with E-state index in [1.54, 1.807) is 11.0 Å². The Balaban J connectivity index is 1.26. The molecule has 0 radical (unpaired) electrons. The van der Waals surface area contributed by atoms with E-state index in [1.807, 2.05) is 6.92 Å². The number of anilines is 2. The Morgan fingerprint density at radius 1 is 1.27 bits per heavy atom. The summed E-state index contributed by atoms with van der Waals surface area (Å²) in [5.74, 6) is 0.156. The van der Waals surface area contributed by atoms with Gasteiger partial charge in [-0.3, -0.25) is 0 Å². The van der Waals surface area contributed by atoms with E-state index >= 15 is 0 Å². The lowest BCUT2D eigenvalue weighted by Crippen LogP contribution is -2.59. The number of carbonyl (C=O) groups is 1. The van der Waals surface area contributed by atoms with Crippen molar-refractivity contribution in [2.45, 2.75) is 31.5 Å². The molecule has 1 saturated carbocycles. The van der Waals surface area contributed by atoms with Gasteiger partial charge in [0.25, 0.3) is 0 Å². The first-order valence-corrected chi connectivity index (χ1v) is 10.9. The van der Waals surface area contributed by atoms with Crippen molar-refractivity contribution < 1.29 is 23.4 Å². The quantitative estimate of drug-likeness (QED) is 0.686. The molecule has 3 aliphatic rings. The van der Waals surface area contributed by atoms with E-state index in [-0.39, 0.29) is 41.0 Å². The lowest BCUT2D eigenvalue weighted by Gasteiger charge is -2.46. The first-order valence-electron chi connectivity index (χ1n) is 10.9. The minimum atomic E-state index is -0.546. The van der Waals surface area contributed by atoms with Crippen molar-refractivity contribution in [3.8, 4) is 5.88 Å². The van der Waals surface area contributed by atoms with Crippen LogP contribution in [0, 0.1) is 24.2 Å². The predicted octanol–water partition coefficient (Wildman–Crippen LogP) is 3.92. The maximum Gasteiger partial charge on any atom is 0.410 e. The minimum absolute atomic E-state index is 0.0120. The van der Waals surface area contributed by atoms with Crippen LogP contribution < -0.4 is 10.1 Å². The van der Waals surface area contributed by atoms with Crippen LogP contribution in [0.4, 0.5) is 26.4 Å². The van der Waals surface area contributed by atoms with Crippen molar-refractivity contribution in [2.24, 2.45) is 11.8 Å². The van der Waals surface area contributed by atoms with E-state index in [9.17, 15) is 9.18 Å². The summed E-state index contributed by atoms with van der Waals surface area (Å²) < 4.78 is 31.8. The maximum absolute atomic E-state index is 14.2. The van der Waals surface area contributed by atoms with Crippen LogP contribution in [0.5, 0.6) is 5.88 Å². The molecule has 172 valence electrons. The molecule has 10 heteroatoms. The summed E-state index contributed by atoms with van der Waals surface area (Å²) in [7, 11) is 0. The van der Waals surface area contributed by atoms with E-state index < -0.39 is 5.82 Å². The Labute approximate surface area is 190 Å². The fourth-order valence-electron chi connectivity index (χ4n) is 4.22. The molecular formula is C23H24FN5O4. The third-order valence-corrected chi connectivity index (χ3v) is 6.29. The van der Waals surface area contributed by atoms with Gasteiger partial charge in [-0.05, 0) is 31.9 Å². The first-order chi connectivity index (χ1) is 15.9. The van der Waals surface area contributed by atoms with E-state index in [0.717, 1.165) is 18.9 Å². The van der Waals surface area contributed by atoms with Crippen LogP contribution in [0.2, 0.25) is 0 Å². The molecule has 1 amide bonds. The lowest BCUT2D eigenvalue weighted by atomic mass is 9.84. The second kappa shape index (κ2) is 8.48. The monoisotopic (exact) mass is 453 g/mol. The molecule has 1 aliphatic carbocycles. The number of rotatable bonds is 5. The van der Waals surface area contributed by atoms with Gasteiger partial charge >= 0.3 is 6.09 Å². The summed E-state index contributed by atoms with van der Waals surface area (Å²) in [5.41, 5.74) is 0.115. The number of benzene rings is 1. The molecule has 2 unspecified atom stereocenters. The molecule has 1 N–H and O–H groups in total. The van der Waals surface area contributed by atoms with Gasteiger partial charge in [0.2, 0.25) is 5.88 Å². The summed E-state index contributed by atoms with van der Waals surface area (Å²) in [6.45, 7) is 10.9. The molecule has 5 rings (SSSR count). The summed E-state index contributed by atoms with van der Waals surface area (Å²) in [5, 5.41) is 2.90. The van der Waals surface area contributed by atoms with Crippen LogP contribution in [0.1, 0.15) is 19.8 Å². The molecule has 2 saturated heterocycles. The van der Waals surface area contributed by atoms with Gasteiger partial charge in [0.15, 0.2) is 5.69 Å². The molecule has 2 atom stereocenters. The molecule has 2 aliphatic heterocycles. The molecule has 1 aromatic heterocycles. The zero-order chi connectivity index (χ0) is 23.0. The molecule has 0 spiro atoms. The third kappa shape index (κ3) is 4.68. The number of halogens is 1. The van der Waals surface area contributed by atoms with E-state index in [0.29, 0.717) is 38.0 Å². The second-order valence-electron chi connectivity index (χ2n) is 9.01. The number of amides is 1. The number of aromatic nitrogens is 2. The highest BCUT2D eigenvalue weighted by atomic mass is 19.1. The van der Waals surface area contributed by atoms with Crippen LogP contribution in [0.3, 0.4) is 0 Å². The summed E-state index contributed by atoms with van der Waals surface area (Å²) >= 11 is 0. The minimum Gasteiger partial charge on any atom is -0.473 e. The van der Waals surface area contributed by atoms with Crippen LogP contribution in [0.15, 0.2) is 30.6 Å². The Hall–Kier alpha value is -3.45. The topological polar surface area (TPSA) is 90.2 Å². The molecular weight excluding hydrogens is 429 g/mol. The average Bonchev–Trinajstić information content (AvgIpc) is 3.51. The van der Waals surface area contributed by atoms with Crippen LogP contribution in [-0.4, -0.2) is 59.0 Å². The Bertz CT molecular complexity index is 1090. The summed E-state index contributed by atoms with van der Waals surface area (Å²) in [6, 6.07) is 5.79. The number of nitrogens with one attached hydrogen (secondary N) is 1. The predicted molar refractivity (Wildman–Crippen MR) is 116 cm³/mol. The molecule has 9 nitrogen and oxygen atoms in total. The van der Waals surface area contributed by atoms with Gasteiger partial charge in [0.1, 0.15) is 29.7 Å². The lowest BCUT2D eigenvalue weighted by molar-refractivity contribution is -0.111. The van der Waals surface area contributed by atoms with Crippen molar-refractivity contribution in [1.82, 2.24) is 14.9 Å². The number of ether oxygens (including phenoxy) is 3. The van der Waals surface area contributed by atoms with Gasteiger partial charge in [-0.15, -0.1) is 0 Å². The highest BCUT2D eigenvalue weighted by Gasteiger charge is 2.47. The Morgan fingerprint density at radius 2 is 2.03 bits per heavy atom. The molecule has 2 aromatic rings. The van der Waals surface area contributed by atoms with Crippen molar-refractivity contribution in [2.75, 3.05) is 31.6 Å². The zero-order valence-electron chi connectivity index (χ0n) is 18.2. The third-order valence-electron chi connectivity index (χ3n) is 6.29. The van der Waals surface area contributed by atoms with E-state index in [2.05, 4.69) is 20.1 Å². The summed E-state index contributed by atoms with van der Waals surface area (Å²) in [4.78, 5) is 25.9. The SMILES string of the molecule is [C-]#[N+]c1ccc(Nc2cc(OC3C4COCC3CN(C(=O)OC3(C)CC3)C4)ncn2)c(F)c1. The van der Waals surface area contributed by atoms with Crippen molar-refractivity contribution in [1.29, 1.82) is 0 Å². The molecule has 2 bridgehead atoms. The fraction of sp³-hybridized carbons (Fsp3) is 0.478. The van der Waals surface area contributed by atoms with Crippen molar-refractivity contribution in [3.63, 3.8) is 0 Å². The first kappa shape index (κ1) is 21.4. The number of piperidine rings is 1. The molecule has 1 aromatic carbocycles. The number of likely N-dealkylation sites (tertiary alicyclic amines) is 1. The largest absolute Gasteiger partial charge is 0.473 e. The highest BCUT2D eigenvalue weighted by Crippen LogP contribution is 2.40. The van der Waals surface area contributed by atoms with Gasteiger partial charge in [0.05, 0.1) is 25.5 Å². The van der Waals surface area contributed by atoms with Gasteiger partial charge in [-0.2, -0.15) is 0 Å². The second-order valence-corrected chi connectivity index (χ2v) is 9.01. The molecule has 33 heavy (non-hydrogen) atoms. The van der Waals surface area contributed by atoms with Crippen LogP contribution >= 0.6 is 0 Å². The van der Waals surface area contributed by atoms with E-state index in [1.165, 1.54) is 18.5 Å². The van der Waals surface area contributed by atoms with Crippen molar-refractivity contribution in [3.05, 3.63) is 47.8 Å². The smallest absolute Gasteiger partial charge is 0.410 e. The van der Waals surface area contributed by atoms with Gasteiger partial charge < -0.3 is 24.4 Å². The summed E-state index contributed by atoms with van der Waals surface area (Å²) in [6.07, 6.45) is 2.72.